The third kappa shape index (κ3) is 2.47. The van der Waals surface area contributed by atoms with Crippen molar-refractivity contribution in [2.45, 2.75) is 13.5 Å². The summed E-state index contributed by atoms with van der Waals surface area (Å²) in [5, 5.41) is 8.86. The molecule has 1 aromatic carbocycles. The van der Waals surface area contributed by atoms with Crippen LogP contribution in [0.5, 0.6) is 5.75 Å². The summed E-state index contributed by atoms with van der Waals surface area (Å²) in [4.78, 5) is 10.8. The van der Waals surface area contributed by atoms with Crippen LogP contribution < -0.4 is 4.74 Å². The van der Waals surface area contributed by atoms with Crippen molar-refractivity contribution in [3.8, 4) is 5.75 Å². The second kappa shape index (κ2) is 4.74. The lowest BCUT2D eigenvalue weighted by atomic mass is 10.2. The van der Waals surface area contributed by atoms with Crippen LogP contribution in [0.1, 0.15) is 21.7 Å². The maximum absolute atomic E-state index is 10.8. The fraction of sp³-hybridized carbons (Fsp3) is 0.154. The van der Waals surface area contributed by atoms with Gasteiger partial charge in [-0.3, -0.25) is 0 Å². The molecule has 4 nitrogen and oxygen atoms in total. The van der Waals surface area contributed by atoms with Gasteiger partial charge < -0.3 is 14.3 Å². The third-order valence-electron chi connectivity index (χ3n) is 2.42. The molecule has 88 valence electrons. The summed E-state index contributed by atoms with van der Waals surface area (Å²) in [5.74, 6) is -0.415. The zero-order valence-electron chi connectivity index (χ0n) is 9.34. The van der Waals surface area contributed by atoms with Crippen molar-refractivity contribution in [2.24, 2.45) is 0 Å². The van der Waals surface area contributed by atoms with Crippen LogP contribution in [0.25, 0.3) is 0 Å². The molecule has 2 aromatic rings. The van der Waals surface area contributed by atoms with Gasteiger partial charge in [0.05, 0.1) is 6.26 Å². The van der Waals surface area contributed by atoms with E-state index in [1.54, 1.807) is 6.07 Å². The second-order valence-corrected chi connectivity index (χ2v) is 3.63. The molecule has 0 saturated heterocycles. The highest BCUT2D eigenvalue weighted by atomic mass is 16.5. The number of aryl methyl sites for hydroxylation is 1. The molecule has 1 heterocycles. The molecule has 0 aliphatic heterocycles. The van der Waals surface area contributed by atoms with Crippen molar-refractivity contribution in [3.05, 3.63) is 53.5 Å². The van der Waals surface area contributed by atoms with E-state index in [1.807, 2.05) is 31.2 Å². The average molecular weight is 232 g/mol. The molecule has 0 spiro atoms. The van der Waals surface area contributed by atoms with Crippen LogP contribution in [0.3, 0.4) is 0 Å². The standard InChI is InChI=1S/C13H12O4/c1-9-4-2-3-5-11(9)17-8-10-6-7-16-12(10)13(14)15/h2-7H,8H2,1H3,(H,14,15). The van der Waals surface area contributed by atoms with Crippen LogP contribution in [0, 0.1) is 6.92 Å². The van der Waals surface area contributed by atoms with Crippen molar-refractivity contribution < 1.29 is 19.1 Å². The van der Waals surface area contributed by atoms with Crippen LogP contribution in [0.15, 0.2) is 41.0 Å². The van der Waals surface area contributed by atoms with Crippen LogP contribution in [-0.4, -0.2) is 11.1 Å². The van der Waals surface area contributed by atoms with Gasteiger partial charge in [-0.15, -0.1) is 0 Å². The van der Waals surface area contributed by atoms with Gasteiger partial charge in [0.1, 0.15) is 12.4 Å². The zero-order chi connectivity index (χ0) is 12.3. The fourth-order valence-electron chi connectivity index (χ4n) is 1.51. The Hall–Kier alpha value is -2.23. The monoisotopic (exact) mass is 232 g/mol. The number of aromatic carboxylic acids is 1. The lowest BCUT2D eigenvalue weighted by molar-refractivity contribution is 0.0658. The summed E-state index contributed by atoms with van der Waals surface area (Å²) in [6.07, 6.45) is 1.35. The number of benzene rings is 1. The highest BCUT2D eigenvalue weighted by Crippen LogP contribution is 2.19. The van der Waals surface area contributed by atoms with Gasteiger partial charge in [0.25, 0.3) is 0 Å². The molecule has 0 radical (unpaired) electrons. The molecule has 1 N–H and O–H groups in total. The third-order valence-corrected chi connectivity index (χ3v) is 2.42. The molecule has 0 atom stereocenters. The minimum absolute atomic E-state index is 0.0708. The van der Waals surface area contributed by atoms with E-state index in [0.717, 1.165) is 11.3 Å². The Kier molecular flexibility index (Phi) is 3.14. The van der Waals surface area contributed by atoms with Crippen molar-refractivity contribution in [1.29, 1.82) is 0 Å². The summed E-state index contributed by atoms with van der Waals surface area (Å²) in [7, 11) is 0. The lowest BCUT2D eigenvalue weighted by Crippen LogP contribution is -2.03. The molecular weight excluding hydrogens is 220 g/mol. The number of rotatable bonds is 4. The minimum Gasteiger partial charge on any atom is -0.488 e. The first-order valence-corrected chi connectivity index (χ1v) is 5.16. The van der Waals surface area contributed by atoms with Gasteiger partial charge in [-0.05, 0) is 24.6 Å². The number of carboxylic acid groups (broad SMARTS) is 1. The highest BCUT2D eigenvalue weighted by Gasteiger charge is 2.14. The first kappa shape index (κ1) is 11.3. The SMILES string of the molecule is Cc1ccccc1OCc1ccoc1C(=O)O. The first-order chi connectivity index (χ1) is 8.18. The van der Waals surface area contributed by atoms with E-state index >= 15 is 0 Å². The van der Waals surface area contributed by atoms with Gasteiger partial charge >= 0.3 is 5.97 Å². The number of carboxylic acids is 1. The molecule has 17 heavy (non-hydrogen) atoms. The number of carbonyl (C=O) groups is 1. The predicted octanol–water partition coefficient (Wildman–Crippen LogP) is 2.87. The predicted molar refractivity (Wildman–Crippen MR) is 61.2 cm³/mol. The van der Waals surface area contributed by atoms with E-state index in [1.165, 1.54) is 6.26 Å². The second-order valence-electron chi connectivity index (χ2n) is 3.63. The van der Waals surface area contributed by atoms with E-state index in [9.17, 15) is 4.79 Å². The van der Waals surface area contributed by atoms with E-state index in [0.29, 0.717) is 5.56 Å². The zero-order valence-corrected chi connectivity index (χ0v) is 9.34. The molecule has 0 unspecified atom stereocenters. The van der Waals surface area contributed by atoms with Crippen LogP contribution in [0.4, 0.5) is 0 Å². The maximum atomic E-state index is 10.8. The summed E-state index contributed by atoms with van der Waals surface area (Å²) in [5.41, 5.74) is 1.54. The Morgan fingerprint density at radius 1 is 1.35 bits per heavy atom. The highest BCUT2D eigenvalue weighted by molar-refractivity contribution is 5.86. The van der Waals surface area contributed by atoms with Crippen LogP contribution in [-0.2, 0) is 6.61 Å². The molecule has 0 bridgehead atoms. The van der Waals surface area contributed by atoms with Gasteiger partial charge in [-0.25, -0.2) is 4.79 Å². The number of para-hydroxylation sites is 1. The normalized spacial score (nSPS) is 10.2. The Labute approximate surface area is 98.4 Å². The summed E-state index contributed by atoms with van der Waals surface area (Å²) >= 11 is 0. The van der Waals surface area contributed by atoms with E-state index in [-0.39, 0.29) is 12.4 Å². The molecule has 0 aliphatic rings. The Morgan fingerprint density at radius 3 is 2.82 bits per heavy atom. The largest absolute Gasteiger partial charge is 0.488 e. The minimum atomic E-state index is -1.08. The fourth-order valence-corrected chi connectivity index (χ4v) is 1.51. The van der Waals surface area contributed by atoms with Gasteiger partial charge in [-0.2, -0.15) is 0 Å². The van der Waals surface area contributed by atoms with Gasteiger partial charge in [0.15, 0.2) is 0 Å². The van der Waals surface area contributed by atoms with Crippen LogP contribution in [0.2, 0.25) is 0 Å². The number of hydrogen-bond acceptors (Lipinski definition) is 3. The van der Waals surface area contributed by atoms with Crippen molar-refractivity contribution in [3.63, 3.8) is 0 Å². The van der Waals surface area contributed by atoms with Gasteiger partial charge in [0, 0.05) is 5.56 Å². The topological polar surface area (TPSA) is 59.7 Å². The first-order valence-electron chi connectivity index (χ1n) is 5.16. The van der Waals surface area contributed by atoms with E-state index < -0.39 is 5.97 Å². The summed E-state index contributed by atoms with van der Waals surface area (Å²) in [6.45, 7) is 2.12. The number of ether oxygens (including phenoxy) is 1. The van der Waals surface area contributed by atoms with Gasteiger partial charge in [-0.1, -0.05) is 18.2 Å². The van der Waals surface area contributed by atoms with E-state index in [2.05, 4.69) is 0 Å². The molecular formula is C13H12O4. The van der Waals surface area contributed by atoms with Crippen molar-refractivity contribution >= 4 is 5.97 Å². The molecule has 4 heteroatoms. The van der Waals surface area contributed by atoms with Crippen molar-refractivity contribution in [1.82, 2.24) is 0 Å². The maximum Gasteiger partial charge on any atom is 0.372 e. The smallest absolute Gasteiger partial charge is 0.372 e. The Bertz CT molecular complexity index is 528. The Morgan fingerprint density at radius 2 is 2.12 bits per heavy atom. The number of hydrogen-bond donors (Lipinski definition) is 1. The quantitative estimate of drug-likeness (QED) is 0.880. The van der Waals surface area contributed by atoms with Crippen molar-refractivity contribution in [2.75, 3.05) is 0 Å². The number of furan rings is 1. The average Bonchev–Trinajstić information content (AvgIpc) is 2.76. The molecule has 0 saturated carbocycles. The molecule has 0 aliphatic carbocycles. The Balaban J connectivity index is 2.10. The van der Waals surface area contributed by atoms with Crippen LogP contribution >= 0.6 is 0 Å². The molecule has 1 aromatic heterocycles. The van der Waals surface area contributed by atoms with E-state index in [4.69, 9.17) is 14.3 Å². The summed E-state index contributed by atoms with van der Waals surface area (Å²) in [6, 6.07) is 9.17. The molecule has 0 fully saturated rings. The lowest BCUT2D eigenvalue weighted by Gasteiger charge is -2.07. The van der Waals surface area contributed by atoms with Gasteiger partial charge in [0.2, 0.25) is 5.76 Å². The molecule has 0 amide bonds. The molecule has 2 rings (SSSR count). The summed E-state index contributed by atoms with van der Waals surface area (Å²) < 4.78 is 10.4.